The molecule has 7 nitrogen and oxygen atoms in total. The van der Waals surface area contributed by atoms with Gasteiger partial charge in [0.2, 0.25) is 0 Å². The third kappa shape index (κ3) is 5.79. The van der Waals surface area contributed by atoms with Crippen LogP contribution in [0.1, 0.15) is 69.1 Å². The number of rotatable bonds is 9. The van der Waals surface area contributed by atoms with Gasteiger partial charge in [0, 0.05) is 17.4 Å². The fourth-order valence-electron chi connectivity index (χ4n) is 5.46. The molecule has 0 amide bonds. The van der Waals surface area contributed by atoms with Crippen LogP contribution in [0, 0.1) is 5.92 Å². The summed E-state index contributed by atoms with van der Waals surface area (Å²) >= 11 is -2.03. The van der Waals surface area contributed by atoms with Crippen molar-refractivity contribution in [3.8, 4) is 5.75 Å². The topological polar surface area (TPSA) is 107 Å². The zero-order valence-electron chi connectivity index (χ0n) is 21.0. The van der Waals surface area contributed by atoms with Crippen molar-refractivity contribution in [2.24, 2.45) is 5.92 Å². The van der Waals surface area contributed by atoms with Crippen molar-refractivity contribution in [2.75, 3.05) is 10.1 Å². The van der Waals surface area contributed by atoms with E-state index in [9.17, 15) is 22.3 Å². The molecule has 2 aromatic carbocycles. The quantitative estimate of drug-likeness (QED) is 0.476. The van der Waals surface area contributed by atoms with E-state index in [0.717, 1.165) is 56.2 Å². The molecule has 1 aliphatic carbocycles. The largest absolute Gasteiger partial charge is 0.772 e. The molecule has 2 aromatic rings. The number of sulfonamides is 1. The second-order valence-corrected chi connectivity index (χ2v) is 12.6. The summed E-state index contributed by atoms with van der Waals surface area (Å²) in [6.45, 7) is 3.77. The number of aliphatic hydroxyl groups is 1. The molecule has 2 atom stereocenters. The van der Waals surface area contributed by atoms with E-state index < -0.39 is 21.1 Å². The summed E-state index contributed by atoms with van der Waals surface area (Å²) < 4.78 is 57.5. The van der Waals surface area contributed by atoms with Gasteiger partial charge in [0.25, 0.3) is 10.0 Å². The molecule has 1 heterocycles. The highest BCUT2D eigenvalue weighted by atomic mass is 32.2. The van der Waals surface area contributed by atoms with Crippen molar-refractivity contribution < 1.29 is 27.0 Å². The average Bonchev–Trinajstić information content (AvgIpc) is 2.88. The Bertz CT molecular complexity index is 1190. The Balaban J connectivity index is 1.58. The van der Waals surface area contributed by atoms with E-state index in [2.05, 4.69) is 13.0 Å². The molecule has 1 N–H and O–H groups in total. The van der Waals surface area contributed by atoms with Crippen LogP contribution in [-0.2, 0) is 40.6 Å². The summed E-state index contributed by atoms with van der Waals surface area (Å²) in [5.41, 5.74) is 3.43. The molecule has 4 rings (SSSR count). The maximum atomic E-state index is 13.9. The van der Waals surface area contributed by atoms with Crippen LogP contribution in [-0.4, -0.2) is 40.2 Å². The molecule has 2 unspecified atom stereocenters. The number of aliphatic hydroxyl groups excluding tert-OH is 1. The lowest BCUT2D eigenvalue weighted by atomic mass is 9.88. The summed E-state index contributed by atoms with van der Waals surface area (Å²) in [7, 11) is -3.85. The first-order valence-corrected chi connectivity index (χ1v) is 15.6. The molecule has 1 fully saturated rings. The summed E-state index contributed by atoms with van der Waals surface area (Å²) in [5, 5.41) is 10.0. The van der Waals surface area contributed by atoms with Gasteiger partial charge in [-0.1, -0.05) is 37.1 Å². The molecule has 9 heteroatoms. The number of ether oxygens (including phenoxy) is 1. The predicted molar refractivity (Wildman–Crippen MR) is 140 cm³/mol. The number of anilines is 1. The van der Waals surface area contributed by atoms with Crippen LogP contribution in [0.2, 0.25) is 0 Å². The highest BCUT2D eigenvalue weighted by Gasteiger charge is 2.35. The van der Waals surface area contributed by atoms with E-state index in [-0.39, 0.29) is 35.3 Å². The van der Waals surface area contributed by atoms with Gasteiger partial charge in [-0.25, -0.2) is 8.42 Å². The number of fused-ring (bicyclic) bond motifs is 1. The van der Waals surface area contributed by atoms with Crippen LogP contribution in [0.4, 0.5) is 5.69 Å². The molecule has 0 radical (unpaired) electrons. The number of nitrogens with zero attached hydrogens (tertiary/aromatic N) is 1. The SMILES string of the molecule is CCc1ccc2c(c1)CCC(CC)N2S(=O)(=O)c1ccc(OC2CCC(CS(=O)[O-])CC2)c(CO)c1. The van der Waals surface area contributed by atoms with Gasteiger partial charge < -0.3 is 14.4 Å². The fourth-order valence-corrected chi connectivity index (χ4v) is 8.02. The second-order valence-electron chi connectivity index (χ2n) is 9.88. The van der Waals surface area contributed by atoms with Gasteiger partial charge in [-0.05, 0) is 92.7 Å². The molecular weight excluding hydrogens is 498 g/mol. The lowest BCUT2D eigenvalue weighted by molar-refractivity contribution is 0.132. The first-order chi connectivity index (χ1) is 17.3. The summed E-state index contributed by atoms with van der Waals surface area (Å²) in [6.07, 6.45) is 6.16. The van der Waals surface area contributed by atoms with Crippen molar-refractivity contribution in [2.45, 2.75) is 88.9 Å². The van der Waals surface area contributed by atoms with E-state index in [1.54, 1.807) is 16.4 Å². The Labute approximate surface area is 217 Å². The molecular formula is C27H36NO6S2-. The van der Waals surface area contributed by atoms with E-state index in [0.29, 0.717) is 17.7 Å². The molecule has 0 aromatic heterocycles. The first kappa shape index (κ1) is 27.1. The molecule has 198 valence electrons. The van der Waals surface area contributed by atoms with Gasteiger partial charge in [0.1, 0.15) is 5.75 Å². The monoisotopic (exact) mass is 534 g/mol. The van der Waals surface area contributed by atoms with Gasteiger partial charge in [-0.15, -0.1) is 0 Å². The number of hydrogen-bond donors (Lipinski definition) is 1. The fraction of sp³-hybridized carbons (Fsp3) is 0.556. The summed E-state index contributed by atoms with van der Waals surface area (Å²) in [4.78, 5) is 0.145. The Hall–Kier alpha value is -1.94. The standard InChI is InChI=1S/C27H37NO6S2/c1-3-19-7-13-26-21(15-19)8-9-23(4-2)28(26)36(32,33)25-12-14-27(22(16-25)17-29)34-24-10-5-20(6-11-24)18-35(30)31/h7,12-16,20,23-24,29H,3-6,8-11,17-18H2,1-2H3,(H,30,31)/p-1. The van der Waals surface area contributed by atoms with Gasteiger partial charge in [0.15, 0.2) is 0 Å². The Morgan fingerprint density at radius 1 is 1.08 bits per heavy atom. The van der Waals surface area contributed by atoms with Crippen LogP contribution in [0.25, 0.3) is 0 Å². The minimum absolute atomic E-state index is 0.0831. The van der Waals surface area contributed by atoms with E-state index in [1.807, 2.05) is 19.1 Å². The van der Waals surface area contributed by atoms with E-state index in [1.165, 1.54) is 11.6 Å². The van der Waals surface area contributed by atoms with Crippen LogP contribution in [0.15, 0.2) is 41.3 Å². The zero-order valence-corrected chi connectivity index (χ0v) is 22.7. The zero-order chi connectivity index (χ0) is 25.9. The van der Waals surface area contributed by atoms with Gasteiger partial charge in [-0.2, -0.15) is 0 Å². The lowest BCUT2D eigenvalue weighted by Gasteiger charge is -2.38. The van der Waals surface area contributed by atoms with E-state index >= 15 is 0 Å². The average molecular weight is 535 g/mol. The number of hydrogen-bond acceptors (Lipinski definition) is 6. The minimum Gasteiger partial charge on any atom is -0.772 e. The van der Waals surface area contributed by atoms with Gasteiger partial charge >= 0.3 is 0 Å². The van der Waals surface area contributed by atoms with Gasteiger partial charge in [0.05, 0.1) is 23.3 Å². The predicted octanol–water partition coefficient (Wildman–Crippen LogP) is 4.48. The first-order valence-electron chi connectivity index (χ1n) is 12.9. The number of benzene rings is 2. The highest BCUT2D eigenvalue weighted by molar-refractivity contribution is 7.92. The van der Waals surface area contributed by atoms with Crippen LogP contribution >= 0.6 is 0 Å². The number of aryl methyl sites for hydroxylation is 2. The molecule has 1 saturated carbocycles. The third-order valence-electron chi connectivity index (χ3n) is 7.56. The minimum atomic E-state index is -3.85. The van der Waals surface area contributed by atoms with Crippen molar-refractivity contribution in [3.63, 3.8) is 0 Å². The summed E-state index contributed by atoms with van der Waals surface area (Å²) in [5.74, 6) is 0.811. The second kappa shape index (κ2) is 11.6. The Kier molecular flexibility index (Phi) is 8.75. The molecule has 0 bridgehead atoms. The Morgan fingerprint density at radius 2 is 1.83 bits per heavy atom. The smallest absolute Gasteiger partial charge is 0.264 e. The normalized spacial score (nSPS) is 23.2. The maximum Gasteiger partial charge on any atom is 0.264 e. The molecule has 0 saturated heterocycles. The maximum absolute atomic E-state index is 13.9. The van der Waals surface area contributed by atoms with E-state index in [4.69, 9.17) is 4.74 Å². The molecule has 2 aliphatic rings. The van der Waals surface area contributed by atoms with Gasteiger partial charge in [-0.3, -0.25) is 8.51 Å². The molecule has 36 heavy (non-hydrogen) atoms. The van der Waals surface area contributed by atoms with Crippen molar-refractivity contribution >= 4 is 26.8 Å². The van der Waals surface area contributed by atoms with Crippen molar-refractivity contribution in [3.05, 3.63) is 53.1 Å². The van der Waals surface area contributed by atoms with Crippen LogP contribution in [0.3, 0.4) is 0 Å². The molecule has 1 aliphatic heterocycles. The summed E-state index contributed by atoms with van der Waals surface area (Å²) in [6, 6.07) is 10.7. The van der Waals surface area contributed by atoms with Crippen LogP contribution < -0.4 is 9.04 Å². The highest BCUT2D eigenvalue weighted by Crippen LogP contribution is 2.38. The molecule has 0 spiro atoms. The third-order valence-corrected chi connectivity index (χ3v) is 10.2. The van der Waals surface area contributed by atoms with Crippen LogP contribution in [0.5, 0.6) is 5.75 Å². The lowest BCUT2D eigenvalue weighted by Crippen LogP contribution is -2.43. The Morgan fingerprint density at radius 3 is 2.47 bits per heavy atom. The van der Waals surface area contributed by atoms with Crippen molar-refractivity contribution in [1.29, 1.82) is 0 Å². The van der Waals surface area contributed by atoms with Crippen molar-refractivity contribution in [1.82, 2.24) is 0 Å².